The Balaban J connectivity index is 1.53. The maximum atomic E-state index is 13.6. The van der Waals surface area contributed by atoms with Crippen LogP contribution in [0.4, 0.5) is 4.39 Å². The molecule has 1 aromatic rings. The number of halogens is 1. The summed E-state index contributed by atoms with van der Waals surface area (Å²) in [5.74, 6) is 1.35. The first-order valence-electron chi connectivity index (χ1n) is 9.06. The molecule has 5 nitrogen and oxygen atoms in total. The SMILES string of the molecule is C=Cc1cc(CCC2=NC(=C)N3CC4(N)C[C@H](C#N)CN4C3=C2)ccc1F. The van der Waals surface area contributed by atoms with Gasteiger partial charge in [-0.1, -0.05) is 25.3 Å². The van der Waals surface area contributed by atoms with E-state index in [-0.39, 0.29) is 11.7 Å². The number of nitriles is 1. The maximum absolute atomic E-state index is 13.6. The fourth-order valence-electron chi connectivity index (χ4n) is 4.15. The molecular weight excluding hydrogens is 341 g/mol. The Morgan fingerprint density at radius 3 is 3.00 bits per heavy atom. The molecule has 2 saturated heterocycles. The van der Waals surface area contributed by atoms with E-state index >= 15 is 0 Å². The fraction of sp³-hybridized carbons (Fsp3) is 0.333. The lowest BCUT2D eigenvalue weighted by Crippen LogP contribution is -2.49. The van der Waals surface area contributed by atoms with Gasteiger partial charge in [0.1, 0.15) is 23.1 Å². The molecule has 138 valence electrons. The van der Waals surface area contributed by atoms with Crippen molar-refractivity contribution >= 4 is 11.8 Å². The van der Waals surface area contributed by atoms with Crippen molar-refractivity contribution in [1.82, 2.24) is 9.80 Å². The van der Waals surface area contributed by atoms with Crippen LogP contribution in [-0.2, 0) is 6.42 Å². The number of aliphatic imine (C=N–C) groups is 1. The predicted octanol–water partition coefficient (Wildman–Crippen LogP) is 2.98. The van der Waals surface area contributed by atoms with Crippen molar-refractivity contribution in [2.75, 3.05) is 13.1 Å². The highest BCUT2D eigenvalue weighted by molar-refractivity contribution is 5.97. The second-order valence-electron chi connectivity index (χ2n) is 7.41. The number of rotatable bonds is 4. The van der Waals surface area contributed by atoms with E-state index in [4.69, 9.17) is 5.73 Å². The third-order valence-corrected chi connectivity index (χ3v) is 5.54. The Labute approximate surface area is 158 Å². The molecule has 6 heteroatoms. The molecule has 3 aliphatic rings. The van der Waals surface area contributed by atoms with Gasteiger partial charge in [0.25, 0.3) is 0 Å². The van der Waals surface area contributed by atoms with Gasteiger partial charge < -0.3 is 15.5 Å². The van der Waals surface area contributed by atoms with Crippen molar-refractivity contribution < 1.29 is 4.39 Å². The largest absolute Gasteiger partial charge is 0.337 e. The van der Waals surface area contributed by atoms with Crippen LogP contribution in [0.3, 0.4) is 0 Å². The van der Waals surface area contributed by atoms with E-state index in [0.717, 1.165) is 23.5 Å². The van der Waals surface area contributed by atoms with E-state index in [1.54, 1.807) is 6.07 Å². The van der Waals surface area contributed by atoms with Crippen molar-refractivity contribution in [3.8, 4) is 6.07 Å². The van der Waals surface area contributed by atoms with Gasteiger partial charge in [-0.05, 0) is 30.5 Å². The molecule has 0 radical (unpaired) electrons. The first-order chi connectivity index (χ1) is 12.9. The van der Waals surface area contributed by atoms with E-state index in [2.05, 4.69) is 29.1 Å². The topological polar surface area (TPSA) is 68.6 Å². The lowest BCUT2D eigenvalue weighted by molar-refractivity contribution is 0.247. The molecule has 27 heavy (non-hydrogen) atoms. The minimum absolute atomic E-state index is 0.0508. The van der Waals surface area contributed by atoms with Crippen LogP contribution in [0.1, 0.15) is 24.0 Å². The Bertz CT molecular complexity index is 925. The lowest BCUT2D eigenvalue weighted by atomic mass is 10.0. The monoisotopic (exact) mass is 363 g/mol. The van der Waals surface area contributed by atoms with E-state index in [1.807, 2.05) is 17.0 Å². The van der Waals surface area contributed by atoms with Crippen LogP contribution in [0.2, 0.25) is 0 Å². The number of allylic oxidation sites excluding steroid dienone is 1. The highest BCUT2D eigenvalue weighted by Crippen LogP contribution is 2.42. The number of nitrogens with zero attached hydrogens (tertiary/aromatic N) is 4. The summed E-state index contributed by atoms with van der Waals surface area (Å²) in [5.41, 5.74) is 8.49. The first kappa shape index (κ1) is 17.5. The zero-order valence-corrected chi connectivity index (χ0v) is 15.2. The Morgan fingerprint density at radius 2 is 2.26 bits per heavy atom. The van der Waals surface area contributed by atoms with E-state index in [9.17, 15) is 9.65 Å². The molecule has 0 aromatic heterocycles. The number of hydrogen-bond donors (Lipinski definition) is 1. The molecule has 0 bridgehead atoms. The van der Waals surface area contributed by atoms with Crippen LogP contribution in [0.5, 0.6) is 0 Å². The van der Waals surface area contributed by atoms with E-state index in [1.165, 1.54) is 12.1 Å². The maximum Gasteiger partial charge on any atom is 0.130 e. The normalized spacial score (nSPS) is 26.3. The van der Waals surface area contributed by atoms with Crippen LogP contribution in [0.25, 0.3) is 6.08 Å². The first-order valence-corrected chi connectivity index (χ1v) is 9.06. The van der Waals surface area contributed by atoms with Crippen LogP contribution in [-0.4, -0.2) is 34.3 Å². The minimum Gasteiger partial charge on any atom is -0.337 e. The lowest BCUT2D eigenvalue weighted by Gasteiger charge is -2.28. The average Bonchev–Trinajstić information content (AvgIpc) is 3.12. The molecule has 0 aliphatic carbocycles. The standard InChI is InChI=1S/C21H22FN5/c1-3-17-8-15(5-7-19(17)22)4-6-18-9-20-26(14(2)25-18)13-21(24)10-16(11-23)12-27(20)21/h3,5,7-9,16H,1-2,4,6,10,12-13,24H2/t16-,21?/m1/s1. The molecule has 0 spiro atoms. The highest BCUT2D eigenvalue weighted by atomic mass is 19.1. The predicted molar refractivity (Wildman–Crippen MR) is 104 cm³/mol. The van der Waals surface area contributed by atoms with E-state index in [0.29, 0.717) is 37.3 Å². The number of aryl methyl sites for hydroxylation is 1. The summed E-state index contributed by atoms with van der Waals surface area (Å²) in [6, 6.07) is 7.42. The molecule has 0 amide bonds. The zero-order valence-electron chi connectivity index (χ0n) is 15.2. The van der Waals surface area contributed by atoms with Crippen molar-refractivity contribution in [1.29, 1.82) is 5.26 Å². The average molecular weight is 363 g/mol. The Kier molecular flexibility index (Phi) is 4.12. The number of hydrogen-bond acceptors (Lipinski definition) is 5. The van der Waals surface area contributed by atoms with Crippen molar-refractivity contribution in [3.63, 3.8) is 0 Å². The Hall–Kier alpha value is -2.91. The molecule has 1 aromatic carbocycles. The quantitative estimate of drug-likeness (QED) is 0.893. The molecule has 4 rings (SSSR count). The number of fused-ring (bicyclic) bond motifs is 3. The van der Waals surface area contributed by atoms with Crippen LogP contribution in [0.15, 0.2) is 54.1 Å². The molecule has 2 fully saturated rings. The van der Waals surface area contributed by atoms with Gasteiger partial charge in [-0.25, -0.2) is 9.38 Å². The number of benzene rings is 1. The van der Waals surface area contributed by atoms with Gasteiger partial charge in [-0.3, -0.25) is 0 Å². The summed E-state index contributed by atoms with van der Waals surface area (Å²) in [7, 11) is 0. The van der Waals surface area contributed by atoms with Gasteiger partial charge in [-0.2, -0.15) is 5.26 Å². The van der Waals surface area contributed by atoms with Crippen molar-refractivity contribution in [2.24, 2.45) is 16.6 Å². The summed E-state index contributed by atoms with van der Waals surface area (Å²) in [6.07, 6.45) is 5.68. The minimum atomic E-state index is -0.532. The summed E-state index contributed by atoms with van der Waals surface area (Å²) < 4.78 is 13.6. The van der Waals surface area contributed by atoms with Gasteiger partial charge in [0, 0.05) is 30.3 Å². The molecular formula is C21H22FN5. The third-order valence-electron chi connectivity index (χ3n) is 5.54. The van der Waals surface area contributed by atoms with Gasteiger partial charge in [0.2, 0.25) is 0 Å². The van der Waals surface area contributed by atoms with Gasteiger partial charge >= 0.3 is 0 Å². The molecule has 3 heterocycles. The van der Waals surface area contributed by atoms with Crippen molar-refractivity contribution in [3.05, 3.63) is 66.0 Å². The second-order valence-corrected chi connectivity index (χ2v) is 7.41. The Morgan fingerprint density at radius 1 is 1.44 bits per heavy atom. The summed E-state index contributed by atoms with van der Waals surface area (Å²) in [6.45, 7) is 8.97. The smallest absolute Gasteiger partial charge is 0.130 e. The molecule has 3 aliphatic heterocycles. The third kappa shape index (κ3) is 2.94. The molecule has 1 unspecified atom stereocenters. The number of nitrogens with two attached hydrogens (primary N) is 1. The second kappa shape index (κ2) is 6.36. The summed E-state index contributed by atoms with van der Waals surface area (Å²) in [5, 5.41) is 9.27. The molecule has 0 saturated carbocycles. The van der Waals surface area contributed by atoms with Gasteiger partial charge in [0.05, 0.1) is 18.5 Å². The van der Waals surface area contributed by atoms with Gasteiger partial charge in [0.15, 0.2) is 0 Å². The molecule has 2 N–H and O–H groups in total. The van der Waals surface area contributed by atoms with Crippen molar-refractivity contribution in [2.45, 2.75) is 24.9 Å². The highest BCUT2D eigenvalue weighted by Gasteiger charge is 2.52. The molecule has 2 atom stereocenters. The van der Waals surface area contributed by atoms with Crippen LogP contribution < -0.4 is 5.73 Å². The fourth-order valence-corrected chi connectivity index (χ4v) is 4.15. The summed E-state index contributed by atoms with van der Waals surface area (Å²) in [4.78, 5) is 8.78. The van der Waals surface area contributed by atoms with Gasteiger partial charge in [-0.15, -0.1) is 0 Å². The van der Waals surface area contributed by atoms with E-state index < -0.39 is 5.66 Å². The zero-order chi connectivity index (χ0) is 19.2. The van der Waals surface area contributed by atoms with Crippen LogP contribution >= 0.6 is 0 Å². The van der Waals surface area contributed by atoms with Crippen LogP contribution in [0, 0.1) is 23.1 Å². The summed E-state index contributed by atoms with van der Waals surface area (Å²) >= 11 is 0.